The first-order valence-corrected chi connectivity index (χ1v) is 22.9. The van der Waals surface area contributed by atoms with E-state index < -0.39 is 0 Å². The van der Waals surface area contributed by atoms with Crippen LogP contribution in [0.1, 0.15) is 33.3 Å². The first-order chi connectivity index (χ1) is 24.8. The fraction of sp³-hybridized carbons (Fsp3) is 0.231. The number of aryl methyl sites for hydroxylation is 1. The molecule has 52 heavy (non-hydrogen) atoms. The molecule has 0 fully saturated rings. The number of hydrogen-bond donors (Lipinski definition) is 0. The van der Waals surface area contributed by atoms with Crippen LogP contribution >= 0.6 is 143 Å². The minimum Gasteiger partial charge on any atom is -0.493 e. The van der Waals surface area contributed by atoms with E-state index in [4.69, 9.17) is 18.9 Å². The first kappa shape index (κ1) is 49.6. The fourth-order valence-electron chi connectivity index (χ4n) is 3.57. The van der Waals surface area contributed by atoms with Gasteiger partial charge in [-0.3, -0.25) is 0 Å². The molecule has 0 saturated heterocycles. The largest absolute Gasteiger partial charge is 0.493 e. The molecule has 0 N–H and O–H groups in total. The second-order valence-corrected chi connectivity index (χ2v) is 17.7. The van der Waals surface area contributed by atoms with Gasteiger partial charge in [-0.1, -0.05) is 83.7 Å². The minimum absolute atomic E-state index is 0.666. The maximum atomic E-state index is 5.41. The normalized spacial score (nSPS) is 9.65. The van der Waals surface area contributed by atoms with Crippen LogP contribution in [-0.2, 0) is 0 Å². The molecule has 0 amide bonds. The Morgan fingerprint density at radius 3 is 1.21 bits per heavy atom. The van der Waals surface area contributed by atoms with E-state index in [2.05, 4.69) is 162 Å². The number of rotatable bonds is 8. The highest BCUT2D eigenvalue weighted by Gasteiger charge is 2.07. The molecule has 0 heterocycles. The summed E-state index contributed by atoms with van der Waals surface area (Å²) in [5.74, 6) is 3.51. The maximum absolute atomic E-state index is 5.41. The van der Waals surface area contributed by atoms with Gasteiger partial charge in [-0.05, 0) is 197 Å². The average Bonchev–Trinajstić information content (AvgIpc) is 3.10. The zero-order chi connectivity index (χ0) is 39.1. The molecule has 0 unspecified atom stereocenters. The van der Waals surface area contributed by atoms with Crippen molar-refractivity contribution in [1.82, 2.24) is 0 Å². The predicted molar refractivity (Wildman–Crippen MR) is 251 cm³/mol. The van der Waals surface area contributed by atoms with Crippen LogP contribution in [0, 0.1) is 6.92 Å². The van der Waals surface area contributed by atoms with Gasteiger partial charge in [0, 0.05) is 13.4 Å². The van der Waals surface area contributed by atoms with Crippen molar-refractivity contribution >= 4 is 143 Å². The Morgan fingerprint density at radius 2 is 0.769 bits per heavy atom. The van der Waals surface area contributed by atoms with Gasteiger partial charge in [0.15, 0.2) is 0 Å². The van der Waals surface area contributed by atoms with Crippen molar-refractivity contribution in [2.75, 3.05) is 26.4 Å². The molecule has 5 rings (SSSR count). The monoisotopic (exact) mass is 1280 g/mol. The summed E-state index contributed by atoms with van der Waals surface area (Å²) >= 11 is 30.5. The Hall–Kier alpha value is -0.380. The predicted octanol–water partition coefficient (Wildman–Crippen LogP) is 17.2. The van der Waals surface area contributed by atoms with Gasteiger partial charge in [-0.15, -0.1) is 0 Å². The lowest BCUT2D eigenvalue weighted by Gasteiger charge is -2.08. The molecule has 13 heteroatoms. The van der Waals surface area contributed by atoms with Gasteiger partial charge in [-0.25, -0.2) is 0 Å². The van der Waals surface area contributed by atoms with Gasteiger partial charge < -0.3 is 18.9 Å². The Bertz CT molecular complexity index is 1690. The van der Waals surface area contributed by atoms with E-state index in [1.807, 2.05) is 113 Å². The summed E-state index contributed by atoms with van der Waals surface area (Å²) in [6.45, 7) is 12.7. The second kappa shape index (κ2) is 28.9. The van der Waals surface area contributed by atoms with E-state index in [0.29, 0.717) is 26.4 Å². The molecule has 0 spiro atoms. The first-order valence-electron chi connectivity index (χ1n) is 15.8. The molecule has 5 aromatic rings. The van der Waals surface area contributed by atoms with E-state index in [1.165, 1.54) is 5.56 Å². The van der Waals surface area contributed by atoms with Crippen LogP contribution in [-0.4, -0.2) is 26.4 Å². The summed E-state index contributed by atoms with van der Waals surface area (Å²) < 4.78 is 30.5. The summed E-state index contributed by atoms with van der Waals surface area (Å²) in [5.41, 5.74) is 1.30. The summed E-state index contributed by atoms with van der Waals surface area (Å²) in [6.07, 6.45) is 0. The van der Waals surface area contributed by atoms with Crippen molar-refractivity contribution in [3.63, 3.8) is 0 Å². The van der Waals surface area contributed by atoms with Crippen LogP contribution in [0.4, 0.5) is 0 Å². The topological polar surface area (TPSA) is 36.9 Å². The Kier molecular flexibility index (Phi) is 27.6. The van der Waals surface area contributed by atoms with Crippen LogP contribution in [0.5, 0.6) is 23.0 Å². The molecule has 0 radical (unpaired) electrons. The van der Waals surface area contributed by atoms with Crippen LogP contribution in [0.15, 0.2) is 137 Å². The van der Waals surface area contributed by atoms with Crippen molar-refractivity contribution in [2.24, 2.45) is 0 Å². The third kappa shape index (κ3) is 20.5. The second-order valence-electron chi connectivity index (χ2n) is 9.78. The molecule has 0 aliphatic rings. The van der Waals surface area contributed by atoms with E-state index in [1.54, 1.807) is 0 Å². The van der Waals surface area contributed by atoms with Crippen molar-refractivity contribution in [3.8, 4) is 23.0 Å². The van der Waals surface area contributed by atoms with E-state index in [9.17, 15) is 0 Å². The van der Waals surface area contributed by atoms with Crippen LogP contribution in [0.2, 0.25) is 0 Å². The molecule has 282 valence electrons. The summed E-state index contributed by atoms with van der Waals surface area (Å²) in [4.78, 5) is 0. The highest BCUT2D eigenvalue weighted by Crippen LogP contribution is 2.36. The fourth-order valence-corrected chi connectivity index (χ4v) is 9.11. The molecule has 0 bridgehead atoms. The Labute approximate surface area is 384 Å². The molecular weight excluding hydrogens is 1250 g/mol. The van der Waals surface area contributed by atoms with Crippen molar-refractivity contribution < 1.29 is 18.9 Å². The van der Waals surface area contributed by atoms with E-state index in [-0.39, 0.29) is 0 Å². The summed E-state index contributed by atoms with van der Waals surface area (Å²) in [6, 6.07) is 31.7. The lowest BCUT2D eigenvalue weighted by molar-refractivity contribution is 0.336. The average molecular weight is 1290 g/mol. The van der Waals surface area contributed by atoms with Gasteiger partial charge in [0.05, 0.1) is 53.3 Å². The van der Waals surface area contributed by atoms with Crippen LogP contribution in [0.3, 0.4) is 0 Å². The number of para-hydroxylation sites is 2. The third-order valence-corrected chi connectivity index (χ3v) is 11.0. The number of hydrogen-bond acceptors (Lipinski definition) is 4. The molecule has 0 aromatic heterocycles. The molecule has 4 nitrogen and oxygen atoms in total. The lowest BCUT2D eigenvalue weighted by atomic mass is 10.2. The third-order valence-electron chi connectivity index (χ3n) is 5.80. The van der Waals surface area contributed by atoms with E-state index in [0.717, 1.165) is 63.3 Å². The Morgan fingerprint density at radius 1 is 0.365 bits per heavy atom. The zero-order valence-electron chi connectivity index (χ0n) is 29.1. The van der Waals surface area contributed by atoms with Crippen molar-refractivity contribution in [1.29, 1.82) is 0 Å². The maximum Gasteiger partial charge on any atom is 0.147 e. The van der Waals surface area contributed by atoms with Crippen molar-refractivity contribution in [3.05, 3.63) is 143 Å². The van der Waals surface area contributed by atoms with Gasteiger partial charge in [0.1, 0.15) is 23.0 Å². The molecule has 0 saturated carbocycles. The number of halogens is 9. The van der Waals surface area contributed by atoms with Gasteiger partial charge >= 0.3 is 0 Å². The highest BCUT2D eigenvalue weighted by molar-refractivity contribution is 9.12. The molecule has 0 aliphatic carbocycles. The van der Waals surface area contributed by atoms with Gasteiger partial charge in [-0.2, -0.15) is 0 Å². The standard InChI is InChI=1S/C8H7Br3O.2C8H8Br2O.C8H9BrO.C7H7Br/c1-2-12-8-6(10)3-5(9)4-7(8)11;1-2-11-8-4-3-6(9)5-7(8)10;1-2-11-8-6(9)4-3-5-7(8)10;1-2-10-8-6-4-3-5-7(8)9;1-6-2-4-7(8)5-3-6/h3-4H,2H2,1H3;2*3-5H,2H2,1H3;3-6H,2H2,1H3;2-5H,1H3. The molecule has 5 aromatic carbocycles. The quantitative estimate of drug-likeness (QED) is 0.155. The van der Waals surface area contributed by atoms with Gasteiger partial charge in [0.2, 0.25) is 0 Å². The Balaban J connectivity index is 0.000000327. The molecule has 0 aliphatic heterocycles. The van der Waals surface area contributed by atoms with Gasteiger partial charge in [0.25, 0.3) is 0 Å². The highest BCUT2D eigenvalue weighted by atomic mass is 79.9. The molecule has 0 atom stereocenters. The van der Waals surface area contributed by atoms with Crippen molar-refractivity contribution in [2.45, 2.75) is 34.6 Å². The van der Waals surface area contributed by atoms with Crippen LogP contribution < -0.4 is 18.9 Å². The summed E-state index contributed by atoms with van der Waals surface area (Å²) in [7, 11) is 0. The summed E-state index contributed by atoms with van der Waals surface area (Å²) in [5, 5.41) is 0. The lowest BCUT2D eigenvalue weighted by Crippen LogP contribution is -1.93. The number of benzene rings is 5. The molecular formula is C39H39Br9O4. The van der Waals surface area contributed by atoms with E-state index >= 15 is 0 Å². The SMILES string of the molecule is CCOc1c(Br)cc(Br)cc1Br.CCOc1c(Br)cccc1Br.CCOc1ccc(Br)cc1Br.CCOc1ccccc1Br.Cc1ccc(Br)cc1. The van der Waals surface area contributed by atoms with Crippen LogP contribution in [0.25, 0.3) is 0 Å². The number of ether oxygens (including phenoxy) is 4. The zero-order valence-corrected chi connectivity index (χ0v) is 43.4. The minimum atomic E-state index is 0.666. The smallest absolute Gasteiger partial charge is 0.147 e.